The third kappa shape index (κ3) is 4.42. The van der Waals surface area contributed by atoms with Crippen LogP contribution in [0.5, 0.6) is 0 Å². The van der Waals surface area contributed by atoms with E-state index in [0.717, 1.165) is 60.2 Å². The van der Waals surface area contributed by atoms with Gasteiger partial charge in [0.15, 0.2) is 0 Å². The predicted octanol–water partition coefficient (Wildman–Crippen LogP) is 4.67. The highest BCUT2D eigenvalue weighted by Gasteiger charge is 2.29. The molecular weight excluding hydrogens is 400 g/mol. The van der Waals surface area contributed by atoms with Crippen molar-refractivity contribution in [1.29, 1.82) is 0 Å². The third-order valence-corrected chi connectivity index (χ3v) is 6.13. The third-order valence-electron chi connectivity index (χ3n) is 6.13. The Morgan fingerprint density at radius 1 is 1.03 bits per heavy atom. The van der Waals surface area contributed by atoms with Gasteiger partial charge in [0.2, 0.25) is 5.82 Å². The number of hydrogen-bond donors (Lipinski definition) is 2. The fourth-order valence-electron chi connectivity index (χ4n) is 4.35. The fourth-order valence-corrected chi connectivity index (χ4v) is 4.35. The predicted molar refractivity (Wildman–Crippen MR) is 125 cm³/mol. The number of aromatic amines is 1. The van der Waals surface area contributed by atoms with Gasteiger partial charge in [0.05, 0.1) is 0 Å². The van der Waals surface area contributed by atoms with E-state index in [9.17, 15) is 4.79 Å². The minimum absolute atomic E-state index is 0.0383. The van der Waals surface area contributed by atoms with Crippen LogP contribution in [0.4, 0.5) is 0 Å². The summed E-state index contributed by atoms with van der Waals surface area (Å²) >= 11 is 0. The second-order valence-corrected chi connectivity index (χ2v) is 8.15. The summed E-state index contributed by atoms with van der Waals surface area (Å²) in [5.41, 5.74) is 6.28. The summed E-state index contributed by atoms with van der Waals surface area (Å²) in [5, 5.41) is 17.7. The van der Waals surface area contributed by atoms with Gasteiger partial charge in [0, 0.05) is 23.4 Å². The normalized spacial score (nSPS) is 16.4. The Hall–Kier alpha value is -3.48. The lowest BCUT2D eigenvalue weighted by Gasteiger charge is -2.40. The van der Waals surface area contributed by atoms with Gasteiger partial charge in [-0.3, -0.25) is 4.79 Å². The van der Waals surface area contributed by atoms with E-state index in [4.69, 9.17) is 0 Å². The lowest BCUT2D eigenvalue weighted by molar-refractivity contribution is -0.121. The smallest absolute Gasteiger partial charge is 0.250 e. The molecule has 1 unspecified atom stereocenters. The molecule has 0 radical (unpaired) electrons. The summed E-state index contributed by atoms with van der Waals surface area (Å²) < 4.78 is 0. The van der Waals surface area contributed by atoms with Crippen molar-refractivity contribution >= 4 is 5.91 Å². The van der Waals surface area contributed by atoms with Gasteiger partial charge >= 0.3 is 0 Å². The highest BCUT2D eigenvalue weighted by molar-refractivity contribution is 5.95. The van der Waals surface area contributed by atoms with Crippen LogP contribution in [0, 0.1) is 0 Å². The molecule has 2 N–H and O–H groups in total. The number of hydrogen-bond acceptors (Lipinski definition) is 5. The van der Waals surface area contributed by atoms with Crippen molar-refractivity contribution in [2.75, 3.05) is 0 Å². The SMILES string of the molecule is CCCCC1NC(=O)C(CC)=C(C)N1Cc1ccc(-c2ccccc2-c2nn[nH]n2)cc1. The summed E-state index contributed by atoms with van der Waals surface area (Å²) in [4.78, 5) is 14.9. The second-order valence-electron chi connectivity index (χ2n) is 8.15. The summed E-state index contributed by atoms with van der Waals surface area (Å²) in [6.45, 7) is 7.06. The van der Waals surface area contributed by atoms with E-state index < -0.39 is 0 Å². The Kier molecular flexibility index (Phi) is 6.63. The van der Waals surface area contributed by atoms with Crippen molar-refractivity contribution in [3.05, 3.63) is 65.4 Å². The largest absolute Gasteiger partial charge is 0.350 e. The molecule has 7 nitrogen and oxygen atoms in total. The van der Waals surface area contributed by atoms with Crippen LogP contribution in [-0.2, 0) is 11.3 Å². The van der Waals surface area contributed by atoms with Crippen LogP contribution >= 0.6 is 0 Å². The van der Waals surface area contributed by atoms with E-state index in [0.29, 0.717) is 5.82 Å². The highest BCUT2D eigenvalue weighted by Crippen LogP contribution is 2.31. The number of nitrogens with one attached hydrogen (secondary N) is 2. The average molecular weight is 431 g/mol. The molecule has 1 atom stereocenters. The van der Waals surface area contributed by atoms with E-state index in [-0.39, 0.29) is 12.1 Å². The lowest BCUT2D eigenvalue weighted by atomic mass is 9.97. The zero-order valence-corrected chi connectivity index (χ0v) is 18.9. The zero-order chi connectivity index (χ0) is 22.5. The molecule has 0 spiro atoms. The van der Waals surface area contributed by atoms with Gasteiger partial charge in [-0.15, -0.1) is 10.2 Å². The van der Waals surface area contributed by atoms with Crippen LogP contribution in [0.15, 0.2) is 59.8 Å². The molecule has 1 aliphatic heterocycles. The van der Waals surface area contributed by atoms with Crippen molar-refractivity contribution in [3.63, 3.8) is 0 Å². The minimum Gasteiger partial charge on any atom is -0.350 e. The first-order valence-electron chi connectivity index (χ1n) is 11.3. The molecule has 1 aliphatic rings. The van der Waals surface area contributed by atoms with E-state index in [1.54, 1.807) is 0 Å². The lowest BCUT2D eigenvalue weighted by Crippen LogP contribution is -2.52. The second kappa shape index (κ2) is 9.77. The van der Waals surface area contributed by atoms with E-state index in [2.05, 4.69) is 75.0 Å². The Morgan fingerprint density at radius 3 is 2.44 bits per heavy atom. The maximum Gasteiger partial charge on any atom is 0.250 e. The molecule has 0 aliphatic carbocycles. The van der Waals surface area contributed by atoms with Gasteiger partial charge in [-0.25, -0.2) is 0 Å². The topological polar surface area (TPSA) is 86.8 Å². The van der Waals surface area contributed by atoms with Crippen LogP contribution in [0.2, 0.25) is 0 Å². The fraction of sp³-hybridized carbons (Fsp3) is 0.360. The van der Waals surface area contributed by atoms with E-state index in [1.165, 1.54) is 5.56 Å². The maximum absolute atomic E-state index is 12.5. The van der Waals surface area contributed by atoms with Crippen LogP contribution in [-0.4, -0.2) is 37.6 Å². The summed E-state index contributed by atoms with van der Waals surface area (Å²) in [7, 11) is 0. The average Bonchev–Trinajstić information content (AvgIpc) is 3.35. The van der Waals surface area contributed by atoms with E-state index in [1.807, 2.05) is 25.1 Å². The number of rotatable bonds is 8. The summed E-state index contributed by atoms with van der Waals surface area (Å²) in [6, 6.07) is 16.7. The minimum atomic E-state index is 0.0383. The number of H-pyrrole nitrogens is 1. The molecule has 0 saturated heterocycles. The first kappa shape index (κ1) is 21.7. The molecule has 166 valence electrons. The molecule has 2 heterocycles. The molecule has 1 amide bonds. The van der Waals surface area contributed by atoms with Crippen molar-refractivity contribution in [1.82, 2.24) is 30.8 Å². The Balaban J connectivity index is 1.59. The van der Waals surface area contributed by atoms with Gasteiger partial charge in [0.1, 0.15) is 6.17 Å². The first-order chi connectivity index (χ1) is 15.6. The van der Waals surface area contributed by atoms with Crippen LogP contribution < -0.4 is 5.32 Å². The number of allylic oxidation sites excluding steroid dienone is 1. The van der Waals surface area contributed by atoms with Crippen LogP contribution in [0.1, 0.15) is 52.0 Å². The number of aromatic nitrogens is 4. The van der Waals surface area contributed by atoms with Crippen LogP contribution in [0.25, 0.3) is 22.5 Å². The molecule has 1 aromatic heterocycles. The molecule has 7 heteroatoms. The molecule has 3 aromatic rings. The summed E-state index contributed by atoms with van der Waals surface area (Å²) in [5.74, 6) is 0.663. The van der Waals surface area contributed by atoms with Gasteiger partial charge < -0.3 is 10.2 Å². The highest BCUT2D eigenvalue weighted by atomic mass is 16.2. The number of tetrazole rings is 1. The van der Waals surface area contributed by atoms with Crippen LogP contribution in [0.3, 0.4) is 0 Å². The van der Waals surface area contributed by atoms with Gasteiger partial charge in [-0.1, -0.05) is 68.8 Å². The number of unbranched alkanes of at least 4 members (excludes halogenated alkanes) is 1. The Labute approximate surface area is 188 Å². The first-order valence-corrected chi connectivity index (χ1v) is 11.3. The number of carbonyl (C=O) groups excluding carboxylic acids is 1. The maximum atomic E-state index is 12.5. The monoisotopic (exact) mass is 430 g/mol. The van der Waals surface area contributed by atoms with Crippen molar-refractivity contribution in [2.24, 2.45) is 0 Å². The molecular formula is C25H30N6O. The Morgan fingerprint density at radius 2 is 1.78 bits per heavy atom. The van der Waals surface area contributed by atoms with Gasteiger partial charge in [-0.2, -0.15) is 5.21 Å². The van der Waals surface area contributed by atoms with Gasteiger partial charge in [0.25, 0.3) is 5.91 Å². The molecule has 0 bridgehead atoms. The van der Waals surface area contributed by atoms with Gasteiger partial charge in [-0.05, 0) is 48.1 Å². The quantitative estimate of drug-likeness (QED) is 0.542. The molecule has 2 aromatic carbocycles. The summed E-state index contributed by atoms with van der Waals surface area (Å²) in [6.07, 6.45) is 3.92. The van der Waals surface area contributed by atoms with Crippen molar-refractivity contribution < 1.29 is 4.79 Å². The van der Waals surface area contributed by atoms with E-state index >= 15 is 0 Å². The van der Waals surface area contributed by atoms with Crippen molar-refractivity contribution in [2.45, 2.75) is 59.2 Å². The number of amides is 1. The molecule has 0 fully saturated rings. The molecule has 0 saturated carbocycles. The number of benzene rings is 2. The molecule has 32 heavy (non-hydrogen) atoms. The zero-order valence-electron chi connectivity index (χ0n) is 18.9. The molecule has 4 rings (SSSR count). The number of carbonyl (C=O) groups is 1. The Bertz CT molecular complexity index is 1090. The van der Waals surface area contributed by atoms with Crippen molar-refractivity contribution in [3.8, 4) is 22.5 Å². The standard InChI is InChI=1S/C25H30N6O/c1-4-6-11-23-26-25(32)20(5-2)17(3)31(23)16-18-12-14-19(15-13-18)21-9-7-8-10-22(21)24-27-29-30-28-24/h7-10,12-15,23H,4-6,11,16H2,1-3H3,(H,26,32)(H,27,28,29,30). The number of nitrogens with zero attached hydrogens (tertiary/aromatic N) is 4.